The van der Waals surface area contributed by atoms with E-state index < -0.39 is 0 Å². The first-order valence-electron chi connectivity index (χ1n) is 8.36. The van der Waals surface area contributed by atoms with Crippen molar-refractivity contribution in [3.8, 4) is 11.5 Å². The summed E-state index contributed by atoms with van der Waals surface area (Å²) >= 11 is 3.08. The van der Waals surface area contributed by atoms with E-state index in [0.717, 1.165) is 26.5 Å². The summed E-state index contributed by atoms with van der Waals surface area (Å²) in [5, 5.41) is 1.90. The topological polar surface area (TPSA) is 64.6 Å². The highest BCUT2D eigenvalue weighted by molar-refractivity contribution is 14.1. The van der Waals surface area contributed by atoms with Crippen LogP contribution >= 0.6 is 34.4 Å². The molecule has 1 aliphatic heterocycles. The Morgan fingerprint density at radius 2 is 1.96 bits per heavy atom. The van der Waals surface area contributed by atoms with Gasteiger partial charge in [-0.05, 0) is 83.1 Å². The predicted molar refractivity (Wildman–Crippen MR) is 115 cm³/mol. The van der Waals surface area contributed by atoms with Crippen LogP contribution in [0.25, 0.3) is 6.08 Å². The summed E-state index contributed by atoms with van der Waals surface area (Å²) in [7, 11) is 0. The van der Waals surface area contributed by atoms with Crippen LogP contribution in [0.1, 0.15) is 23.6 Å². The third-order valence-electron chi connectivity index (χ3n) is 3.90. The maximum absolute atomic E-state index is 11.8. The van der Waals surface area contributed by atoms with Gasteiger partial charge in [-0.3, -0.25) is 14.9 Å². The zero-order valence-corrected chi connectivity index (χ0v) is 17.8. The van der Waals surface area contributed by atoms with Crippen LogP contribution in [0.5, 0.6) is 11.5 Å². The molecule has 1 N–H and O–H groups in total. The number of thioether (sulfide) groups is 1. The summed E-state index contributed by atoms with van der Waals surface area (Å²) in [5.41, 5.74) is 3.05. The van der Waals surface area contributed by atoms with Crippen molar-refractivity contribution in [3.63, 3.8) is 0 Å². The zero-order chi connectivity index (χ0) is 19.4. The monoisotopic (exact) mass is 495 g/mol. The first-order valence-corrected chi connectivity index (χ1v) is 10.3. The number of amides is 2. The average Bonchev–Trinajstić information content (AvgIpc) is 2.93. The lowest BCUT2D eigenvalue weighted by atomic mass is 10.1. The van der Waals surface area contributed by atoms with Crippen LogP contribution in [-0.2, 0) is 11.4 Å². The molecule has 0 radical (unpaired) electrons. The van der Waals surface area contributed by atoms with Gasteiger partial charge in [-0.15, -0.1) is 0 Å². The fourth-order valence-corrected chi connectivity index (χ4v) is 4.03. The Morgan fingerprint density at radius 3 is 2.63 bits per heavy atom. The van der Waals surface area contributed by atoms with E-state index in [9.17, 15) is 9.59 Å². The highest BCUT2D eigenvalue weighted by Crippen LogP contribution is 2.36. The number of imide groups is 1. The second kappa shape index (κ2) is 8.79. The van der Waals surface area contributed by atoms with Gasteiger partial charge in [0.1, 0.15) is 6.61 Å². The third kappa shape index (κ3) is 4.84. The number of hydrogen-bond acceptors (Lipinski definition) is 5. The molecule has 2 aromatic rings. The van der Waals surface area contributed by atoms with E-state index >= 15 is 0 Å². The van der Waals surface area contributed by atoms with E-state index in [1.54, 1.807) is 6.08 Å². The normalized spacial score (nSPS) is 15.1. The van der Waals surface area contributed by atoms with Crippen LogP contribution in [0, 0.1) is 10.5 Å². The highest BCUT2D eigenvalue weighted by atomic mass is 127. The van der Waals surface area contributed by atoms with Gasteiger partial charge in [0.15, 0.2) is 11.5 Å². The maximum Gasteiger partial charge on any atom is 0.290 e. The smallest absolute Gasteiger partial charge is 0.290 e. The van der Waals surface area contributed by atoms with E-state index in [2.05, 4.69) is 27.9 Å². The van der Waals surface area contributed by atoms with Gasteiger partial charge in [0.05, 0.1) is 15.1 Å². The van der Waals surface area contributed by atoms with Gasteiger partial charge in [-0.1, -0.05) is 24.3 Å². The van der Waals surface area contributed by atoms with Gasteiger partial charge < -0.3 is 9.47 Å². The molecular weight excluding hydrogens is 477 g/mol. The number of ether oxygens (including phenoxy) is 2. The van der Waals surface area contributed by atoms with Gasteiger partial charge in [0.25, 0.3) is 11.1 Å². The number of aryl methyl sites for hydroxylation is 1. The van der Waals surface area contributed by atoms with Crippen molar-refractivity contribution in [2.24, 2.45) is 0 Å². The molecule has 2 aromatic carbocycles. The SMILES string of the molecule is CCOc1cc(/C=C2\SC(=O)NC2=O)cc(I)c1OCc1ccccc1C. The highest BCUT2D eigenvalue weighted by Gasteiger charge is 2.25. The molecule has 27 heavy (non-hydrogen) atoms. The van der Waals surface area contributed by atoms with Crippen LogP contribution in [0.4, 0.5) is 4.79 Å². The second-order valence-electron chi connectivity index (χ2n) is 5.83. The maximum atomic E-state index is 11.8. The van der Waals surface area contributed by atoms with Crippen LogP contribution in [0.3, 0.4) is 0 Å². The minimum absolute atomic E-state index is 0.357. The van der Waals surface area contributed by atoms with Crippen molar-refractivity contribution in [2.75, 3.05) is 6.61 Å². The fourth-order valence-electron chi connectivity index (χ4n) is 2.57. The van der Waals surface area contributed by atoms with Crippen LogP contribution in [0.2, 0.25) is 0 Å². The predicted octanol–water partition coefficient (Wildman–Crippen LogP) is 4.90. The number of rotatable bonds is 6. The summed E-state index contributed by atoms with van der Waals surface area (Å²) < 4.78 is 12.7. The third-order valence-corrected chi connectivity index (χ3v) is 5.52. The zero-order valence-electron chi connectivity index (χ0n) is 14.9. The van der Waals surface area contributed by atoms with Crippen molar-refractivity contribution in [3.05, 3.63) is 61.6 Å². The molecule has 0 atom stereocenters. The van der Waals surface area contributed by atoms with E-state index in [1.165, 1.54) is 5.56 Å². The molecular formula is C20H18INO4S. The number of benzene rings is 2. The van der Waals surface area contributed by atoms with Crippen molar-refractivity contribution in [1.82, 2.24) is 5.32 Å². The molecule has 1 aliphatic rings. The van der Waals surface area contributed by atoms with E-state index in [-0.39, 0.29) is 11.1 Å². The molecule has 7 heteroatoms. The largest absolute Gasteiger partial charge is 0.490 e. The Kier molecular flexibility index (Phi) is 6.43. The summed E-state index contributed by atoms with van der Waals surface area (Å²) in [6.45, 7) is 4.89. The van der Waals surface area contributed by atoms with Gasteiger partial charge in [0, 0.05) is 0 Å². The molecule has 2 amide bonds. The standard InChI is InChI=1S/C20H18INO4S/c1-3-25-16-9-13(10-17-19(23)22-20(24)27-17)8-15(21)18(16)26-11-14-7-5-4-6-12(14)2/h4-10H,3,11H2,1-2H3,(H,22,23,24)/b17-10-. The number of halogens is 1. The Hall–Kier alpha value is -2.00. The summed E-state index contributed by atoms with van der Waals surface area (Å²) in [4.78, 5) is 23.5. The molecule has 0 aliphatic carbocycles. The van der Waals surface area contributed by atoms with E-state index in [4.69, 9.17) is 9.47 Å². The lowest BCUT2D eigenvalue weighted by molar-refractivity contribution is -0.115. The summed E-state index contributed by atoms with van der Waals surface area (Å²) in [5.74, 6) is 0.903. The quantitative estimate of drug-likeness (QED) is 0.456. The molecule has 1 saturated heterocycles. The molecule has 5 nitrogen and oxygen atoms in total. The lowest BCUT2D eigenvalue weighted by Crippen LogP contribution is -2.17. The molecule has 1 heterocycles. The molecule has 1 fully saturated rings. The second-order valence-corrected chi connectivity index (χ2v) is 8.01. The van der Waals surface area contributed by atoms with Crippen LogP contribution in [0.15, 0.2) is 41.3 Å². The van der Waals surface area contributed by atoms with Crippen LogP contribution in [-0.4, -0.2) is 17.8 Å². The fraction of sp³-hybridized carbons (Fsp3) is 0.200. The summed E-state index contributed by atoms with van der Waals surface area (Å²) in [6.07, 6.45) is 1.68. The van der Waals surface area contributed by atoms with Gasteiger partial charge in [-0.2, -0.15) is 0 Å². The molecule has 3 rings (SSSR count). The molecule has 0 spiro atoms. The lowest BCUT2D eigenvalue weighted by Gasteiger charge is -2.15. The van der Waals surface area contributed by atoms with E-state index in [0.29, 0.717) is 29.6 Å². The van der Waals surface area contributed by atoms with Crippen molar-refractivity contribution in [2.45, 2.75) is 20.5 Å². The summed E-state index contributed by atoms with van der Waals surface area (Å²) in [6, 6.07) is 11.8. The van der Waals surface area contributed by atoms with Crippen LogP contribution < -0.4 is 14.8 Å². The van der Waals surface area contributed by atoms with Gasteiger partial charge >= 0.3 is 0 Å². The van der Waals surface area contributed by atoms with Crippen molar-refractivity contribution in [1.29, 1.82) is 0 Å². The minimum atomic E-state index is -0.377. The molecule has 0 unspecified atom stereocenters. The van der Waals surface area contributed by atoms with E-state index in [1.807, 2.05) is 50.2 Å². The van der Waals surface area contributed by atoms with Gasteiger partial charge in [-0.25, -0.2) is 0 Å². The molecule has 0 aromatic heterocycles. The Bertz CT molecular complexity index is 926. The first kappa shape index (κ1) is 19.8. The number of hydrogen-bond donors (Lipinski definition) is 1. The Balaban J connectivity index is 1.88. The molecule has 140 valence electrons. The van der Waals surface area contributed by atoms with Gasteiger partial charge in [0.2, 0.25) is 0 Å². The Morgan fingerprint density at radius 1 is 1.19 bits per heavy atom. The first-order chi connectivity index (χ1) is 13.0. The number of carbonyl (C=O) groups excluding carboxylic acids is 2. The molecule has 0 saturated carbocycles. The number of carbonyl (C=O) groups is 2. The van der Waals surface area contributed by atoms with Crippen molar-refractivity contribution < 1.29 is 19.1 Å². The van der Waals surface area contributed by atoms with Crippen molar-refractivity contribution >= 4 is 51.6 Å². The Labute approximate surface area is 175 Å². The average molecular weight is 495 g/mol. The number of nitrogens with one attached hydrogen (secondary N) is 1. The molecule has 0 bridgehead atoms. The minimum Gasteiger partial charge on any atom is -0.490 e.